The molecule has 0 saturated carbocycles. The molecule has 0 bridgehead atoms. The molecule has 2 aromatic carbocycles. The van der Waals surface area contributed by atoms with Gasteiger partial charge in [0.1, 0.15) is 5.82 Å². The molecule has 1 fully saturated rings. The Morgan fingerprint density at radius 1 is 0.960 bits per heavy atom. The molecule has 0 unspecified atom stereocenters. The Balaban J connectivity index is 1.61. The van der Waals surface area contributed by atoms with Gasteiger partial charge in [0.15, 0.2) is 0 Å². The molecule has 0 aromatic heterocycles. The standard InChI is InChI=1S/C20H19FN2O2/c21-17-6-1-4-14-5-2-13-23(19(14)17)20(25)15-8-10-16(11-9-15)22-12-3-7-18(22)24/h1,4,6,8-11H,2-3,5,7,12-13H2. The minimum atomic E-state index is -0.357. The maximum Gasteiger partial charge on any atom is 0.258 e. The highest BCUT2D eigenvalue weighted by molar-refractivity contribution is 6.07. The second kappa shape index (κ2) is 6.31. The molecule has 0 spiro atoms. The average molecular weight is 338 g/mol. The van der Waals surface area contributed by atoms with Crippen LogP contribution in [0.4, 0.5) is 15.8 Å². The Labute approximate surface area is 145 Å². The lowest BCUT2D eigenvalue weighted by Crippen LogP contribution is -2.36. The van der Waals surface area contributed by atoms with E-state index in [1.54, 1.807) is 35.2 Å². The van der Waals surface area contributed by atoms with Gasteiger partial charge in [0, 0.05) is 30.8 Å². The number of halogens is 1. The van der Waals surface area contributed by atoms with Crippen molar-refractivity contribution in [2.45, 2.75) is 25.7 Å². The Morgan fingerprint density at radius 3 is 2.44 bits per heavy atom. The highest BCUT2D eigenvalue weighted by Gasteiger charge is 2.27. The van der Waals surface area contributed by atoms with Crippen molar-refractivity contribution < 1.29 is 14.0 Å². The zero-order valence-electron chi connectivity index (χ0n) is 13.9. The topological polar surface area (TPSA) is 40.6 Å². The van der Waals surface area contributed by atoms with Crippen molar-refractivity contribution in [1.82, 2.24) is 0 Å². The molecule has 5 heteroatoms. The quantitative estimate of drug-likeness (QED) is 0.840. The van der Waals surface area contributed by atoms with Crippen molar-refractivity contribution >= 4 is 23.2 Å². The van der Waals surface area contributed by atoms with Crippen molar-refractivity contribution in [1.29, 1.82) is 0 Å². The predicted molar refractivity (Wildman–Crippen MR) is 94.4 cm³/mol. The first-order valence-electron chi connectivity index (χ1n) is 8.65. The molecule has 0 N–H and O–H groups in total. The van der Waals surface area contributed by atoms with Gasteiger partial charge in [0.2, 0.25) is 5.91 Å². The third kappa shape index (κ3) is 2.80. The largest absolute Gasteiger partial charge is 0.312 e. The number of fused-ring (bicyclic) bond motifs is 1. The van der Waals surface area contributed by atoms with E-state index in [-0.39, 0.29) is 17.6 Å². The fourth-order valence-electron chi connectivity index (χ4n) is 3.67. The van der Waals surface area contributed by atoms with Crippen LogP contribution in [-0.2, 0) is 11.2 Å². The first-order chi connectivity index (χ1) is 12.1. The van der Waals surface area contributed by atoms with Crippen molar-refractivity contribution in [2.75, 3.05) is 22.9 Å². The van der Waals surface area contributed by atoms with Gasteiger partial charge in [-0.1, -0.05) is 12.1 Å². The van der Waals surface area contributed by atoms with Crippen LogP contribution in [0.15, 0.2) is 42.5 Å². The summed E-state index contributed by atoms with van der Waals surface area (Å²) in [5, 5.41) is 0. The van der Waals surface area contributed by atoms with Gasteiger partial charge in [-0.05, 0) is 55.2 Å². The maximum atomic E-state index is 14.3. The zero-order valence-corrected chi connectivity index (χ0v) is 13.9. The maximum absolute atomic E-state index is 14.3. The number of hydrogen-bond donors (Lipinski definition) is 0. The van der Waals surface area contributed by atoms with Crippen LogP contribution >= 0.6 is 0 Å². The van der Waals surface area contributed by atoms with Gasteiger partial charge in [0.25, 0.3) is 5.91 Å². The number of nitrogens with zero attached hydrogens (tertiary/aromatic N) is 2. The summed E-state index contributed by atoms with van der Waals surface area (Å²) in [7, 11) is 0. The fraction of sp³-hybridized carbons (Fsp3) is 0.300. The van der Waals surface area contributed by atoms with Gasteiger partial charge < -0.3 is 9.80 Å². The fourth-order valence-corrected chi connectivity index (χ4v) is 3.67. The van der Waals surface area contributed by atoms with Crippen LogP contribution in [0, 0.1) is 5.82 Å². The lowest BCUT2D eigenvalue weighted by Gasteiger charge is -2.30. The molecule has 2 amide bonds. The van der Waals surface area contributed by atoms with Crippen LogP contribution in [-0.4, -0.2) is 24.9 Å². The summed E-state index contributed by atoms with van der Waals surface area (Å²) >= 11 is 0. The molecule has 2 heterocycles. The van der Waals surface area contributed by atoms with Crippen LogP contribution in [0.3, 0.4) is 0 Å². The lowest BCUT2D eigenvalue weighted by molar-refractivity contribution is -0.117. The van der Waals surface area contributed by atoms with E-state index in [1.165, 1.54) is 11.0 Å². The van der Waals surface area contributed by atoms with Crippen molar-refractivity contribution in [3.8, 4) is 0 Å². The monoisotopic (exact) mass is 338 g/mol. The molecule has 2 aromatic rings. The second-order valence-electron chi connectivity index (χ2n) is 6.50. The molecule has 4 rings (SSSR count). The van der Waals surface area contributed by atoms with Gasteiger partial charge in [-0.25, -0.2) is 4.39 Å². The smallest absolute Gasteiger partial charge is 0.258 e. The van der Waals surface area contributed by atoms with Crippen LogP contribution in [0.25, 0.3) is 0 Å². The Hall–Kier alpha value is -2.69. The van der Waals surface area contributed by atoms with Gasteiger partial charge >= 0.3 is 0 Å². The highest BCUT2D eigenvalue weighted by Crippen LogP contribution is 2.31. The van der Waals surface area contributed by atoms with E-state index in [2.05, 4.69) is 0 Å². The molecule has 4 nitrogen and oxygen atoms in total. The Kier molecular flexibility index (Phi) is 3.99. The number of rotatable bonds is 2. The Bertz CT molecular complexity index is 832. The molecule has 128 valence electrons. The number of amides is 2. The van der Waals surface area contributed by atoms with Crippen molar-refractivity contribution in [3.63, 3.8) is 0 Å². The number of anilines is 2. The first kappa shape index (κ1) is 15.8. The zero-order chi connectivity index (χ0) is 17.4. The summed E-state index contributed by atoms with van der Waals surface area (Å²) in [6, 6.07) is 12.0. The third-order valence-corrected chi connectivity index (χ3v) is 4.91. The SMILES string of the molecule is O=C1CCCN1c1ccc(C(=O)N2CCCc3cccc(F)c32)cc1. The summed E-state index contributed by atoms with van der Waals surface area (Å²) in [6.07, 6.45) is 3.04. The van der Waals surface area contributed by atoms with E-state index in [1.807, 2.05) is 6.07 Å². The van der Waals surface area contributed by atoms with E-state index < -0.39 is 0 Å². The third-order valence-electron chi connectivity index (χ3n) is 4.91. The molecule has 2 aliphatic heterocycles. The van der Waals surface area contributed by atoms with Crippen molar-refractivity contribution in [2.24, 2.45) is 0 Å². The highest BCUT2D eigenvalue weighted by atomic mass is 19.1. The van der Waals surface area contributed by atoms with Gasteiger partial charge in [0.05, 0.1) is 5.69 Å². The molecule has 1 saturated heterocycles. The minimum Gasteiger partial charge on any atom is -0.312 e. The predicted octanol–water partition coefficient (Wildman–Crippen LogP) is 3.55. The van der Waals surface area contributed by atoms with Crippen molar-refractivity contribution in [3.05, 3.63) is 59.4 Å². The normalized spacial score (nSPS) is 16.9. The number of benzene rings is 2. The van der Waals surface area contributed by atoms with Crippen LogP contribution in [0.5, 0.6) is 0 Å². The molecule has 25 heavy (non-hydrogen) atoms. The second-order valence-corrected chi connectivity index (χ2v) is 6.50. The molecule has 0 atom stereocenters. The number of aryl methyl sites for hydroxylation is 1. The minimum absolute atomic E-state index is 0.117. The number of para-hydroxylation sites is 1. The molecule has 0 aliphatic carbocycles. The summed E-state index contributed by atoms with van der Waals surface area (Å²) in [5.41, 5.74) is 2.59. The van der Waals surface area contributed by atoms with E-state index in [9.17, 15) is 14.0 Å². The molecular formula is C20H19FN2O2. The van der Waals surface area contributed by atoms with E-state index in [0.717, 1.165) is 37.1 Å². The average Bonchev–Trinajstić information content (AvgIpc) is 3.07. The summed E-state index contributed by atoms with van der Waals surface area (Å²) in [5.74, 6) is -0.443. The first-order valence-corrected chi connectivity index (χ1v) is 8.65. The van der Waals surface area contributed by atoms with Gasteiger partial charge in [-0.3, -0.25) is 9.59 Å². The van der Waals surface area contributed by atoms with Gasteiger partial charge in [-0.2, -0.15) is 0 Å². The number of hydrogen-bond acceptors (Lipinski definition) is 2. The number of carbonyl (C=O) groups is 2. The lowest BCUT2D eigenvalue weighted by atomic mass is 10.0. The van der Waals surface area contributed by atoms with Gasteiger partial charge in [-0.15, -0.1) is 0 Å². The summed E-state index contributed by atoms with van der Waals surface area (Å²) in [6.45, 7) is 1.23. The number of carbonyl (C=O) groups excluding carboxylic acids is 2. The summed E-state index contributed by atoms with van der Waals surface area (Å²) in [4.78, 5) is 28.0. The van der Waals surface area contributed by atoms with Crippen LogP contribution in [0.2, 0.25) is 0 Å². The molecular weight excluding hydrogens is 319 g/mol. The Morgan fingerprint density at radius 2 is 1.72 bits per heavy atom. The summed E-state index contributed by atoms with van der Waals surface area (Å²) < 4.78 is 14.3. The molecule has 0 radical (unpaired) electrons. The van der Waals surface area contributed by atoms with Crippen LogP contribution < -0.4 is 9.80 Å². The van der Waals surface area contributed by atoms with E-state index >= 15 is 0 Å². The van der Waals surface area contributed by atoms with E-state index in [0.29, 0.717) is 24.2 Å². The van der Waals surface area contributed by atoms with Crippen LogP contribution in [0.1, 0.15) is 35.2 Å². The molecule has 2 aliphatic rings. The van der Waals surface area contributed by atoms with E-state index in [4.69, 9.17) is 0 Å².